The van der Waals surface area contributed by atoms with Crippen molar-refractivity contribution in [3.05, 3.63) is 29.8 Å². The summed E-state index contributed by atoms with van der Waals surface area (Å²) in [5, 5.41) is 6.83. The van der Waals surface area contributed by atoms with Crippen LogP contribution in [0.3, 0.4) is 0 Å². The number of hydrogen-bond donors (Lipinski definition) is 2. The van der Waals surface area contributed by atoms with Gasteiger partial charge in [-0.3, -0.25) is 4.99 Å². The summed E-state index contributed by atoms with van der Waals surface area (Å²) in [5.41, 5.74) is 1.20. The lowest BCUT2D eigenvalue weighted by Crippen LogP contribution is -2.42. The summed E-state index contributed by atoms with van der Waals surface area (Å²) < 4.78 is 5.18. The quantitative estimate of drug-likeness (QED) is 0.510. The van der Waals surface area contributed by atoms with Crippen LogP contribution < -0.4 is 15.4 Å². The maximum atomic E-state index is 5.18. The van der Waals surface area contributed by atoms with Gasteiger partial charge < -0.3 is 20.3 Å². The van der Waals surface area contributed by atoms with Crippen molar-refractivity contribution >= 4 is 5.96 Å². The summed E-state index contributed by atoms with van der Waals surface area (Å²) in [7, 11) is 3.49. The fourth-order valence-corrected chi connectivity index (χ4v) is 2.59. The van der Waals surface area contributed by atoms with Gasteiger partial charge in [0.15, 0.2) is 5.96 Å². The van der Waals surface area contributed by atoms with Gasteiger partial charge in [-0.05, 0) is 57.1 Å². The second kappa shape index (κ2) is 11.7. The molecule has 0 bridgehead atoms. The zero-order chi connectivity index (χ0) is 17.8. The van der Waals surface area contributed by atoms with Crippen molar-refractivity contribution in [3.63, 3.8) is 0 Å². The summed E-state index contributed by atoms with van der Waals surface area (Å²) in [6.45, 7) is 10.8. The smallest absolute Gasteiger partial charge is 0.191 e. The van der Waals surface area contributed by atoms with Crippen LogP contribution in [-0.2, 0) is 6.54 Å². The molecule has 0 radical (unpaired) electrons. The molecule has 0 aromatic heterocycles. The first-order valence-electron chi connectivity index (χ1n) is 8.95. The molecular weight excluding hydrogens is 300 g/mol. The largest absolute Gasteiger partial charge is 0.497 e. The Balaban J connectivity index is 2.32. The fourth-order valence-electron chi connectivity index (χ4n) is 2.59. The third-order valence-corrected chi connectivity index (χ3v) is 4.23. The number of benzene rings is 1. The lowest BCUT2D eigenvalue weighted by atomic mass is 10.2. The fraction of sp³-hybridized carbons (Fsp3) is 0.632. The second-order valence-corrected chi connectivity index (χ2v) is 5.99. The summed E-state index contributed by atoms with van der Waals surface area (Å²) >= 11 is 0. The molecule has 0 fully saturated rings. The van der Waals surface area contributed by atoms with Gasteiger partial charge in [-0.15, -0.1) is 0 Å². The first kappa shape index (κ1) is 20.3. The van der Waals surface area contributed by atoms with Crippen LogP contribution in [0.15, 0.2) is 29.3 Å². The van der Waals surface area contributed by atoms with Crippen LogP contribution in [-0.4, -0.2) is 50.7 Å². The van der Waals surface area contributed by atoms with Crippen LogP contribution in [0.5, 0.6) is 5.75 Å². The third-order valence-electron chi connectivity index (χ3n) is 4.23. The molecule has 0 saturated heterocycles. The molecule has 0 aliphatic heterocycles. The number of nitrogens with one attached hydrogen (secondary N) is 2. The Morgan fingerprint density at radius 2 is 1.88 bits per heavy atom. The number of methoxy groups -OCH3 is 1. The molecule has 5 nitrogen and oxygen atoms in total. The van der Waals surface area contributed by atoms with E-state index in [-0.39, 0.29) is 0 Å². The molecule has 2 N–H and O–H groups in total. The number of ether oxygens (including phenoxy) is 1. The zero-order valence-electron chi connectivity index (χ0n) is 15.9. The van der Waals surface area contributed by atoms with Crippen LogP contribution in [0.2, 0.25) is 0 Å². The number of guanidine groups is 1. The lowest BCUT2D eigenvalue weighted by molar-refractivity contribution is 0.292. The molecule has 1 aromatic rings. The Bertz CT molecular complexity index is 469. The molecule has 1 unspecified atom stereocenters. The van der Waals surface area contributed by atoms with Crippen molar-refractivity contribution in [3.8, 4) is 5.75 Å². The van der Waals surface area contributed by atoms with Crippen molar-refractivity contribution in [2.24, 2.45) is 4.99 Å². The predicted octanol–water partition coefficient (Wildman–Crippen LogP) is 2.87. The zero-order valence-corrected chi connectivity index (χ0v) is 15.9. The molecule has 0 aliphatic carbocycles. The minimum atomic E-state index is 0.405. The predicted molar refractivity (Wildman–Crippen MR) is 103 cm³/mol. The average Bonchev–Trinajstić information content (AvgIpc) is 2.62. The van der Waals surface area contributed by atoms with Crippen molar-refractivity contribution in [2.75, 3.05) is 33.8 Å². The normalized spacial score (nSPS) is 13.0. The van der Waals surface area contributed by atoms with E-state index in [0.717, 1.165) is 44.3 Å². The highest BCUT2D eigenvalue weighted by Crippen LogP contribution is 2.10. The molecule has 0 amide bonds. The Morgan fingerprint density at radius 1 is 1.21 bits per heavy atom. The highest BCUT2D eigenvalue weighted by molar-refractivity contribution is 5.79. The molecule has 0 heterocycles. The molecular formula is C19H34N4O. The number of rotatable bonds is 10. The highest BCUT2D eigenvalue weighted by Gasteiger charge is 2.06. The van der Waals surface area contributed by atoms with Gasteiger partial charge >= 0.3 is 0 Å². The maximum absolute atomic E-state index is 5.18. The molecule has 5 heteroatoms. The summed E-state index contributed by atoms with van der Waals surface area (Å²) in [6, 6.07) is 8.48. The Kier molecular flexibility index (Phi) is 9.92. The van der Waals surface area contributed by atoms with Gasteiger partial charge in [-0.2, -0.15) is 0 Å². The molecule has 24 heavy (non-hydrogen) atoms. The van der Waals surface area contributed by atoms with Crippen molar-refractivity contribution in [1.29, 1.82) is 0 Å². The summed E-state index contributed by atoms with van der Waals surface area (Å²) in [6.07, 6.45) is 2.34. The van der Waals surface area contributed by atoms with E-state index in [4.69, 9.17) is 4.74 Å². The second-order valence-electron chi connectivity index (χ2n) is 5.99. The number of hydrogen-bond acceptors (Lipinski definition) is 3. The standard InChI is InChI=1S/C19H34N4O/c1-6-23(7-2)14-8-9-16(3)22-19(20-4)21-15-17-10-12-18(24-5)13-11-17/h10-13,16H,6-9,14-15H2,1-5H3,(H2,20,21,22). The Labute approximate surface area is 147 Å². The van der Waals surface area contributed by atoms with E-state index in [9.17, 15) is 0 Å². The van der Waals surface area contributed by atoms with E-state index in [0.29, 0.717) is 6.04 Å². The van der Waals surface area contributed by atoms with E-state index < -0.39 is 0 Å². The molecule has 136 valence electrons. The van der Waals surface area contributed by atoms with Gasteiger partial charge in [0.2, 0.25) is 0 Å². The van der Waals surface area contributed by atoms with Crippen LogP contribution in [0, 0.1) is 0 Å². The van der Waals surface area contributed by atoms with Crippen LogP contribution in [0.4, 0.5) is 0 Å². The van der Waals surface area contributed by atoms with Crippen LogP contribution in [0.25, 0.3) is 0 Å². The minimum absolute atomic E-state index is 0.405. The average molecular weight is 335 g/mol. The van der Waals surface area contributed by atoms with E-state index in [2.05, 4.69) is 53.4 Å². The van der Waals surface area contributed by atoms with E-state index >= 15 is 0 Å². The lowest BCUT2D eigenvalue weighted by Gasteiger charge is -2.21. The third kappa shape index (κ3) is 7.68. The van der Waals surface area contributed by atoms with E-state index in [1.165, 1.54) is 12.0 Å². The van der Waals surface area contributed by atoms with Crippen molar-refractivity contribution in [1.82, 2.24) is 15.5 Å². The number of aliphatic imine (C=N–C) groups is 1. The topological polar surface area (TPSA) is 48.9 Å². The molecule has 0 spiro atoms. The van der Waals surface area contributed by atoms with Crippen molar-refractivity contribution < 1.29 is 4.74 Å². The minimum Gasteiger partial charge on any atom is -0.497 e. The molecule has 0 aliphatic rings. The summed E-state index contributed by atoms with van der Waals surface area (Å²) in [4.78, 5) is 6.77. The molecule has 1 rings (SSSR count). The molecule has 1 atom stereocenters. The maximum Gasteiger partial charge on any atom is 0.191 e. The van der Waals surface area contributed by atoms with Crippen molar-refractivity contribution in [2.45, 2.75) is 46.2 Å². The van der Waals surface area contributed by atoms with Gasteiger partial charge in [-0.25, -0.2) is 0 Å². The SMILES string of the molecule is CCN(CC)CCCC(C)NC(=NC)NCc1ccc(OC)cc1. The van der Waals surface area contributed by atoms with E-state index in [1.807, 2.05) is 19.2 Å². The first-order valence-corrected chi connectivity index (χ1v) is 8.95. The Morgan fingerprint density at radius 3 is 2.42 bits per heavy atom. The Hall–Kier alpha value is -1.75. The monoisotopic (exact) mass is 334 g/mol. The van der Waals surface area contributed by atoms with Gasteiger partial charge in [-0.1, -0.05) is 26.0 Å². The van der Waals surface area contributed by atoms with Gasteiger partial charge in [0.1, 0.15) is 5.75 Å². The van der Waals surface area contributed by atoms with E-state index in [1.54, 1.807) is 7.11 Å². The van der Waals surface area contributed by atoms with Gasteiger partial charge in [0.25, 0.3) is 0 Å². The van der Waals surface area contributed by atoms with Crippen LogP contribution >= 0.6 is 0 Å². The first-order chi connectivity index (χ1) is 11.6. The van der Waals surface area contributed by atoms with Crippen LogP contribution in [0.1, 0.15) is 39.2 Å². The number of nitrogens with zero attached hydrogens (tertiary/aromatic N) is 2. The van der Waals surface area contributed by atoms with Gasteiger partial charge in [0, 0.05) is 19.6 Å². The van der Waals surface area contributed by atoms with Gasteiger partial charge in [0.05, 0.1) is 7.11 Å². The molecule has 0 saturated carbocycles. The highest BCUT2D eigenvalue weighted by atomic mass is 16.5. The molecule has 1 aromatic carbocycles. The summed E-state index contributed by atoms with van der Waals surface area (Å²) in [5.74, 6) is 1.73.